The molecule has 0 aromatic heterocycles. The average Bonchev–Trinajstić information content (AvgIpc) is 2.83. The van der Waals surface area contributed by atoms with Crippen molar-refractivity contribution in [3.8, 4) is 11.5 Å². The van der Waals surface area contributed by atoms with Gasteiger partial charge in [-0.3, -0.25) is 0 Å². The summed E-state index contributed by atoms with van der Waals surface area (Å²) in [4.78, 5) is 0. The zero-order chi connectivity index (χ0) is 14.8. The molecule has 0 fully saturated rings. The van der Waals surface area contributed by atoms with Crippen LogP contribution in [-0.4, -0.2) is 11.2 Å². The molecule has 1 atom stereocenters. The second-order valence-electron chi connectivity index (χ2n) is 5.81. The third kappa shape index (κ3) is 3.13. The SMILES string of the molecule is CC(C)Oc1ccc(NC2CCc3cc(O)ccc32)cc1. The first kappa shape index (κ1) is 13.8. The molecule has 0 bridgehead atoms. The lowest BCUT2D eigenvalue weighted by Crippen LogP contribution is -2.08. The van der Waals surface area contributed by atoms with Crippen molar-refractivity contribution in [1.29, 1.82) is 0 Å². The molecule has 3 rings (SSSR count). The summed E-state index contributed by atoms with van der Waals surface area (Å²) in [5, 5.41) is 13.1. The van der Waals surface area contributed by atoms with Gasteiger partial charge in [-0.1, -0.05) is 6.07 Å². The zero-order valence-corrected chi connectivity index (χ0v) is 12.5. The smallest absolute Gasteiger partial charge is 0.119 e. The van der Waals surface area contributed by atoms with E-state index in [0.29, 0.717) is 11.8 Å². The van der Waals surface area contributed by atoms with Gasteiger partial charge in [0, 0.05) is 5.69 Å². The molecule has 0 spiro atoms. The lowest BCUT2D eigenvalue weighted by atomic mass is 10.1. The highest BCUT2D eigenvalue weighted by Gasteiger charge is 2.22. The molecule has 0 heterocycles. The number of aromatic hydroxyl groups is 1. The number of rotatable bonds is 4. The minimum absolute atomic E-state index is 0.193. The van der Waals surface area contributed by atoms with E-state index in [9.17, 15) is 5.11 Å². The van der Waals surface area contributed by atoms with Gasteiger partial charge in [0.1, 0.15) is 11.5 Å². The van der Waals surface area contributed by atoms with Crippen LogP contribution in [0.1, 0.15) is 37.4 Å². The van der Waals surface area contributed by atoms with Crippen LogP contribution in [0.2, 0.25) is 0 Å². The Kier molecular flexibility index (Phi) is 3.74. The first-order valence-corrected chi connectivity index (χ1v) is 7.47. The second kappa shape index (κ2) is 5.68. The first-order chi connectivity index (χ1) is 10.1. The molecule has 3 nitrogen and oxygen atoms in total. The maximum absolute atomic E-state index is 9.54. The topological polar surface area (TPSA) is 41.5 Å². The van der Waals surface area contributed by atoms with E-state index in [2.05, 4.69) is 17.4 Å². The molecule has 110 valence electrons. The van der Waals surface area contributed by atoms with Crippen LogP contribution < -0.4 is 10.1 Å². The van der Waals surface area contributed by atoms with Gasteiger partial charge in [0.05, 0.1) is 12.1 Å². The summed E-state index contributed by atoms with van der Waals surface area (Å²) in [7, 11) is 0. The summed E-state index contributed by atoms with van der Waals surface area (Å²) in [6.45, 7) is 4.05. The summed E-state index contributed by atoms with van der Waals surface area (Å²) in [6, 6.07) is 14.1. The summed E-state index contributed by atoms with van der Waals surface area (Å²) >= 11 is 0. The third-order valence-corrected chi connectivity index (χ3v) is 3.77. The Bertz CT molecular complexity index is 620. The van der Waals surface area contributed by atoms with Crippen molar-refractivity contribution >= 4 is 5.69 Å². The van der Waals surface area contributed by atoms with E-state index in [1.54, 1.807) is 6.07 Å². The summed E-state index contributed by atoms with van der Waals surface area (Å²) < 4.78 is 5.65. The number of phenolic OH excluding ortho intramolecular Hbond substituents is 1. The van der Waals surface area contributed by atoms with Crippen LogP contribution in [0.15, 0.2) is 42.5 Å². The van der Waals surface area contributed by atoms with Gasteiger partial charge in [0.25, 0.3) is 0 Å². The lowest BCUT2D eigenvalue weighted by molar-refractivity contribution is 0.242. The fraction of sp³-hybridized carbons (Fsp3) is 0.333. The molecule has 0 amide bonds. The maximum Gasteiger partial charge on any atom is 0.119 e. The summed E-state index contributed by atoms with van der Waals surface area (Å²) in [5.41, 5.74) is 3.62. The molecule has 0 saturated heterocycles. The van der Waals surface area contributed by atoms with Crippen LogP contribution in [0, 0.1) is 0 Å². The van der Waals surface area contributed by atoms with Gasteiger partial charge in [-0.25, -0.2) is 0 Å². The third-order valence-electron chi connectivity index (χ3n) is 3.77. The van der Waals surface area contributed by atoms with Crippen molar-refractivity contribution in [3.05, 3.63) is 53.6 Å². The minimum Gasteiger partial charge on any atom is -0.508 e. The number of hydrogen-bond donors (Lipinski definition) is 2. The van der Waals surface area contributed by atoms with E-state index in [4.69, 9.17) is 4.74 Å². The van der Waals surface area contributed by atoms with E-state index in [0.717, 1.165) is 24.3 Å². The van der Waals surface area contributed by atoms with E-state index < -0.39 is 0 Å². The van der Waals surface area contributed by atoms with Gasteiger partial charge in [-0.2, -0.15) is 0 Å². The molecule has 0 radical (unpaired) electrons. The Labute approximate surface area is 125 Å². The highest BCUT2D eigenvalue weighted by Crippen LogP contribution is 2.35. The van der Waals surface area contributed by atoms with E-state index >= 15 is 0 Å². The molecule has 2 aromatic rings. The number of nitrogens with one attached hydrogen (secondary N) is 1. The molecule has 1 unspecified atom stereocenters. The monoisotopic (exact) mass is 283 g/mol. The molecule has 3 heteroatoms. The minimum atomic E-state index is 0.193. The predicted octanol–water partition coefficient (Wildman–Crippen LogP) is 4.28. The standard InChI is InChI=1S/C18H21NO2/c1-12(2)21-16-7-4-14(5-8-16)19-18-10-3-13-11-15(20)6-9-17(13)18/h4-9,11-12,18-20H,3,10H2,1-2H3. The highest BCUT2D eigenvalue weighted by atomic mass is 16.5. The van der Waals surface area contributed by atoms with Crippen LogP contribution in [-0.2, 0) is 6.42 Å². The van der Waals surface area contributed by atoms with Gasteiger partial charge in [0.2, 0.25) is 0 Å². The first-order valence-electron chi connectivity index (χ1n) is 7.47. The Balaban J connectivity index is 1.71. The summed E-state index contributed by atoms with van der Waals surface area (Å²) in [5.74, 6) is 1.25. The lowest BCUT2D eigenvalue weighted by Gasteiger charge is -2.16. The van der Waals surface area contributed by atoms with Crippen LogP contribution in [0.3, 0.4) is 0 Å². The summed E-state index contributed by atoms with van der Waals surface area (Å²) in [6.07, 6.45) is 2.26. The Hall–Kier alpha value is -2.16. The fourth-order valence-corrected chi connectivity index (χ4v) is 2.86. The highest BCUT2D eigenvalue weighted by molar-refractivity contribution is 5.51. The number of aryl methyl sites for hydroxylation is 1. The molecule has 2 aromatic carbocycles. The number of benzene rings is 2. The normalized spacial score (nSPS) is 16.8. The van der Waals surface area contributed by atoms with Crippen LogP contribution >= 0.6 is 0 Å². The van der Waals surface area contributed by atoms with Gasteiger partial charge in [0.15, 0.2) is 0 Å². The average molecular weight is 283 g/mol. The van der Waals surface area contributed by atoms with E-state index in [-0.39, 0.29) is 6.10 Å². The largest absolute Gasteiger partial charge is 0.508 e. The number of hydrogen-bond acceptors (Lipinski definition) is 3. The number of phenols is 1. The molecular formula is C18H21NO2. The molecule has 2 N–H and O–H groups in total. The van der Waals surface area contributed by atoms with Crippen LogP contribution in [0.4, 0.5) is 5.69 Å². The van der Waals surface area contributed by atoms with Crippen molar-refractivity contribution in [1.82, 2.24) is 0 Å². The molecule has 1 aliphatic rings. The van der Waals surface area contributed by atoms with Crippen LogP contribution in [0.5, 0.6) is 11.5 Å². The Morgan fingerprint density at radius 2 is 1.90 bits per heavy atom. The number of fused-ring (bicyclic) bond motifs is 1. The van der Waals surface area contributed by atoms with Gasteiger partial charge in [-0.05, 0) is 74.2 Å². The molecule has 1 aliphatic carbocycles. The predicted molar refractivity (Wildman–Crippen MR) is 85.0 cm³/mol. The molecular weight excluding hydrogens is 262 g/mol. The maximum atomic E-state index is 9.54. The Morgan fingerprint density at radius 3 is 2.62 bits per heavy atom. The van der Waals surface area contributed by atoms with Gasteiger partial charge in [-0.15, -0.1) is 0 Å². The Morgan fingerprint density at radius 1 is 1.14 bits per heavy atom. The van der Waals surface area contributed by atoms with Crippen molar-refractivity contribution < 1.29 is 9.84 Å². The number of anilines is 1. The fourth-order valence-electron chi connectivity index (χ4n) is 2.86. The van der Waals surface area contributed by atoms with Crippen molar-refractivity contribution in [3.63, 3.8) is 0 Å². The zero-order valence-electron chi connectivity index (χ0n) is 12.5. The second-order valence-corrected chi connectivity index (χ2v) is 5.81. The van der Waals surface area contributed by atoms with Crippen molar-refractivity contribution in [2.24, 2.45) is 0 Å². The molecule has 0 aliphatic heterocycles. The quantitative estimate of drug-likeness (QED) is 0.880. The number of ether oxygens (including phenoxy) is 1. The molecule has 0 saturated carbocycles. The van der Waals surface area contributed by atoms with E-state index in [1.165, 1.54) is 11.1 Å². The van der Waals surface area contributed by atoms with E-state index in [1.807, 2.05) is 38.1 Å². The van der Waals surface area contributed by atoms with Crippen LogP contribution in [0.25, 0.3) is 0 Å². The van der Waals surface area contributed by atoms with Gasteiger partial charge < -0.3 is 15.2 Å². The van der Waals surface area contributed by atoms with Crippen molar-refractivity contribution in [2.75, 3.05) is 5.32 Å². The molecule has 21 heavy (non-hydrogen) atoms. The van der Waals surface area contributed by atoms with Gasteiger partial charge >= 0.3 is 0 Å². The van der Waals surface area contributed by atoms with Crippen molar-refractivity contribution in [2.45, 2.75) is 38.8 Å².